The number of alkyl halides is 3. The molecule has 112 valence electrons. The zero-order valence-electron chi connectivity index (χ0n) is 11.7. The molecule has 1 saturated heterocycles. The molecule has 0 aromatic heterocycles. The van der Waals surface area contributed by atoms with E-state index in [1.807, 2.05) is 0 Å². The molecule has 0 amide bonds. The lowest BCUT2D eigenvalue weighted by atomic mass is 9.93. The summed E-state index contributed by atoms with van der Waals surface area (Å²) in [6, 6.07) is 6.00. The number of nitrogens with two attached hydrogens (primary N) is 1. The molecule has 0 saturated carbocycles. The van der Waals surface area contributed by atoms with Crippen LogP contribution in [0.2, 0.25) is 0 Å². The van der Waals surface area contributed by atoms with Gasteiger partial charge in [0, 0.05) is 19.1 Å². The molecule has 5 heteroatoms. The Labute approximate surface area is 117 Å². The number of hydrogen-bond acceptors (Lipinski definition) is 2. The van der Waals surface area contributed by atoms with Gasteiger partial charge in [-0.05, 0) is 43.9 Å². The summed E-state index contributed by atoms with van der Waals surface area (Å²) in [5.74, 6) is 0.456. The summed E-state index contributed by atoms with van der Waals surface area (Å²) in [7, 11) is 0. The van der Waals surface area contributed by atoms with Gasteiger partial charge in [0.15, 0.2) is 0 Å². The fourth-order valence-corrected chi connectivity index (χ4v) is 2.76. The summed E-state index contributed by atoms with van der Waals surface area (Å²) in [6.07, 6.45) is -2.11. The van der Waals surface area contributed by atoms with Crippen molar-refractivity contribution >= 4 is 0 Å². The van der Waals surface area contributed by atoms with Gasteiger partial charge in [0.1, 0.15) is 0 Å². The van der Waals surface area contributed by atoms with E-state index in [4.69, 9.17) is 5.73 Å². The summed E-state index contributed by atoms with van der Waals surface area (Å²) in [4.78, 5) is 2.23. The molecule has 2 rings (SSSR count). The Morgan fingerprint density at radius 1 is 1.30 bits per heavy atom. The first-order valence-corrected chi connectivity index (χ1v) is 7.00. The fourth-order valence-electron chi connectivity index (χ4n) is 2.76. The lowest BCUT2D eigenvalue weighted by Gasteiger charge is -2.37. The Balaban J connectivity index is 2.09. The average Bonchev–Trinajstić information content (AvgIpc) is 2.41. The van der Waals surface area contributed by atoms with Crippen molar-refractivity contribution in [2.75, 3.05) is 13.1 Å². The van der Waals surface area contributed by atoms with Crippen molar-refractivity contribution in [3.63, 3.8) is 0 Å². The number of likely N-dealkylation sites (tertiary alicyclic amines) is 1. The van der Waals surface area contributed by atoms with E-state index in [0.29, 0.717) is 30.6 Å². The molecular formula is C15H21F3N2. The van der Waals surface area contributed by atoms with E-state index in [2.05, 4.69) is 11.8 Å². The normalized spacial score (nSPS) is 24.9. The number of rotatable bonds is 3. The van der Waals surface area contributed by atoms with Crippen molar-refractivity contribution in [2.24, 2.45) is 11.7 Å². The molecular weight excluding hydrogens is 265 g/mol. The van der Waals surface area contributed by atoms with E-state index < -0.39 is 11.7 Å². The van der Waals surface area contributed by atoms with E-state index in [9.17, 15) is 13.2 Å². The number of benzene rings is 1. The molecule has 2 unspecified atom stereocenters. The van der Waals surface area contributed by atoms with E-state index >= 15 is 0 Å². The van der Waals surface area contributed by atoms with Crippen LogP contribution in [0.5, 0.6) is 0 Å². The molecule has 2 N–H and O–H groups in total. The zero-order valence-corrected chi connectivity index (χ0v) is 11.7. The van der Waals surface area contributed by atoms with Gasteiger partial charge >= 0.3 is 6.18 Å². The monoisotopic (exact) mass is 286 g/mol. The van der Waals surface area contributed by atoms with Crippen molar-refractivity contribution < 1.29 is 13.2 Å². The van der Waals surface area contributed by atoms with Gasteiger partial charge in [-0.15, -0.1) is 0 Å². The quantitative estimate of drug-likeness (QED) is 0.924. The maximum absolute atomic E-state index is 12.7. The molecule has 0 aliphatic carbocycles. The van der Waals surface area contributed by atoms with E-state index in [1.54, 1.807) is 6.07 Å². The number of halogens is 3. The van der Waals surface area contributed by atoms with Crippen molar-refractivity contribution in [3.05, 3.63) is 35.4 Å². The van der Waals surface area contributed by atoms with E-state index in [0.717, 1.165) is 25.5 Å². The molecule has 1 aromatic rings. The van der Waals surface area contributed by atoms with Crippen molar-refractivity contribution in [2.45, 2.75) is 38.5 Å². The van der Waals surface area contributed by atoms with Gasteiger partial charge in [-0.3, -0.25) is 4.90 Å². The van der Waals surface area contributed by atoms with Crippen molar-refractivity contribution in [1.29, 1.82) is 0 Å². The van der Waals surface area contributed by atoms with Crippen LogP contribution in [0.1, 0.15) is 30.9 Å². The largest absolute Gasteiger partial charge is 0.416 e. The third-order valence-electron chi connectivity index (χ3n) is 4.08. The Morgan fingerprint density at radius 2 is 2.05 bits per heavy atom. The van der Waals surface area contributed by atoms with Gasteiger partial charge in [-0.25, -0.2) is 0 Å². The highest BCUT2D eigenvalue weighted by Crippen LogP contribution is 2.30. The Morgan fingerprint density at radius 3 is 2.70 bits per heavy atom. The summed E-state index contributed by atoms with van der Waals surface area (Å²) >= 11 is 0. The van der Waals surface area contributed by atoms with Crippen LogP contribution in [-0.2, 0) is 12.7 Å². The maximum atomic E-state index is 12.7. The van der Waals surface area contributed by atoms with Crippen LogP contribution in [0.4, 0.5) is 13.2 Å². The first-order valence-electron chi connectivity index (χ1n) is 7.00. The predicted molar refractivity (Wildman–Crippen MR) is 73.1 cm³/mol. The highest BCUT2D eigenvalue weighted by Gasteiger charge is 2.31. The zero-order chi connectivity index (χ0) is 14.8. The summed E-state index contributed by atoms with van der Waals surface area (Å²) < 4.78 is 38.1. The molecule has 0 spiro atoms. The van der Waals surface area contributed by atoms with Crippen molar-refractivity contribution in [1.82, 2.24) is 4.90 Å². The molecule has 2 nitrogen and oxygen atoms in total. The van der Waals surface area contributed by atoms with Crippen LogP contribution < -0.4 is 5.73 Å². The summed E-state index contributed by atoms with van der Waals surface area (Å²) in [5.41, 5.74) is 5.85. The highest BCUT2D eigenvalue weighted by molar-refractivity contribution is 5.25. The summed E-state index contributed by atoms with van der Waals surface area (Å²) in [6.45, 7) is 4.20. The number of piperidine rings is 1. The third kappa shape index (κ3) is 3.73. The molecule has 0 radical (unpaired) electrons. The molecule has 1 aliphatic heterocycles. The first kappa shape index (κ1) is 15.3. The average molecular weight is 286 g/mol. The highest BCUT2D eigenvalue weighted by atomic mass is 19.4. The second-order valence-corrected chi connectivity index (χ2v) is 5.66. The van der Waals surface area contributed by atoms with Gasteiger partial charge in [0.05, 0.1) is 5.56 Å². The Bertz CT molecular complexity index is 445. The third-order valence-corrected chi connectivity index (χ3v) is 4.08. The molecule has 0 bridgehead atoms. The SMILES string of the molecule is CC1CCC(CN)CN1Cc1cccc(C(F)(F)F)c1. The van der Waals surface area contributed by atoms with Crippen molar-refractivity contribution in [3.8, 4) is 0 Å². The van der Waals surface area contributed by atoms with Gasteiger partial charge in [0.2, 0.25) is 0 Å². The smallest absolute Gasteiger partial charge is 0.330 e. The topological polar surface area (TPSA) is 29.3 Å². The van der Waals surface area contributed by atoms with Crippen LogP contribution in [0, 0.1) is 5.92 Å². The minimum atomic E-state index is -4.27. The van der Waals surface area contributed by atoms with Gasteiger partial charge in [0.25, 0.3) is 0 Å². The lowest BCUT2D eigenvalue weighted by Crippen LogP contribution is -2.43. The second kappa shape index (κ2) is 6.14. The minimum absolute atomic E-state index is 0.396. The Hall–Kier alpha value is -1.07. The predicted octanol–water partition coefficient (Wildman–Crippen LogP) is 3.26. The fraction of sp³-hybridized carbons (Fsp3) is 0.600. The summed E-state index contributed by atoms with van der Waals surface area (Å²) in [5, 5.41) is 0. The van der Waals surface area contributed by atoms with Crippen LogP contribution >= 0.6 is 0 Å². The van der Waals surface area contributed by atoms with Crippen LogP contribution in [-0.4, -0.2) is 24.0 Å². The van der Waals surface area contributed by atoms with Crippen LogP contribution in [0.25, 0.3) is 0 Å². The molecule has 1 aromatic carbocycles. The maximum Gasteiger partial charge on any atom is 0.416 e. The second-order valence-electron chi connectivity index (χ2n) is 5.66. The molecule has 1 aliphatic rings. The minimum Gasteiger partial charge on any atom is -0.330 e. The van der Waals surface area contributed by atoms with E-state index in [1.165, 1.54) is 12.1 Å². The molecule has 1 heterocycles. The van der Waals surface area contributed by atoms with Gasteiger partial charge in [-0.1, -0.05) is 18.2 Å². The van der Waals surface area contributed by atoms with Gasteiger partial charge < -0.3 is 5.73 Å². The lowest BCUT2D eigenvalue weighted by molar-refractivity contribution is -0.137. The molecule has 1 fully saturated rings. The number of nitrogens with zero attached hydrogens (tertiary/aromatic N) is 1. The first-order chi connectivity index (χ1) is 9.40. The van der Waals surface area contributed by atoms with Gasteiger partial charge in [-0.2, -0.15) is 13.2 Å². The molecule has 2 atom stereocenters. The van der Waals surface area contributed by atoms with E-state index in [-0.39, 0.29) is 0 Å². The number of hydrogen-bond donors (Lipinski definition) is 1. The standard InChI is InChI=1S/C15H21F3N2/c1-11-5-6-13(8-19)10-20(11)9-12-3-2-4-14(7-12)15(16,17)18/h2-4,7,11,13H,5-6,8-10,19H2,1H3. The Kier molecular flexibility index (Phi) is 4.70. The van der Waals surface area contributed by atoms with Crippen LogP contribution in [0.15, 0.2) is 24.3 Å². The molecule has 20 heavy (non-hydrogen) atoms. The van der Waals surface area contributed by atoms with Crippen LogP contribution in [0.3, 0.4) is 0 Å².